The molecule has 15 N–H and O–H groups in total. The number of ether oxygens (including phenoxy) is 8. The zero-order valence-electron chi connectivity index (χ0n) is 45.6. The van der Waals surface area contributed by atoms with Crippen molar-refractivity contribution in [3.63, 3.8) is 0 Å². The normalized spacial score (nSPS) is 56.4. The predicted octanol–water partition coefficient (Wildman–Crippen LogP) is -2.50. The summed E-state index contributed by atoms with van der Waals surface area (Å²) in [5.74, 6) is -1.77. The Morgan fingerprint density at radius 2 is 1.17 bits per heavy atom. The quantitative estimate of drug-likeness (QED) is 0.0670. The van der Waals surface area contributed by atoms with Crippen molar-refractivity contribution in [2.75, 3.05) is 26.4 Å². The van der Waals surface area contributed by atoms with Gasteiger partial charge in [-0.1, -0.05) is 53.2 Å². The lowest BCUT2D eigenvalue weighted by Gasteiger charge is -2.72. The lowest BCUT2D eigenvalue weighted by atomic mass is 9.33. The van der Waals surface area contributed by atoms with Gasteiger partial charge in [0.15, 0.2) is 31.3 Å². The molecule has 4 saturated carbocycles. The summed E-state index contributed by atoms with van der Waals surface area (Å²) < 4.78 is 48.1. The van der Waals surface area contributed by atoms with E-state index in [0.717, 1.165) is 19.3 Å². The Hall–Kier alpha value is -1.67. The van der Waals surface area contributed by atoms with Crippen LogP contribution in [0.1, 0.15) is 106 Å². The van der Waals surface area contributed by atoms with Crippen LogP contribution in [-0.4, -0.2) is 244 Å². The van der Waals surface area contributed by atoms with Crippen LogP contribution in [-0.2, 0) is 42.7 Å². The van der Waals surface area contributed by atoms with Crippen molar-refractivity contribution < 1.29 is 119 Å². The number of aliphatic hydroxyl groups is 14. The summed E-state index contributed by atoms with van der Waals surface area (Å²) in [6.45, 7) is 12.7. The smallest absolute Gasteiger partial charge is 0.335 e. The van der Waals surface area contributed by atoms with E-state index in [-0.39, 0.29) is 41.8 Å². The van der Waals surface area contributed by atoms with E-state index in [1.807, 2.05) is 13.8 Å². The van der Waals surface area contributed by atoms with Crippen molar-refractivity contribution in [1.29, 1.82) is 0 Å². The van der Waals surface area contributed by atoms with Crippen molar-refractivity contribution in [3.8, 4) is 0 Å². The molecule has 5 aliphatic carbocycles. The van der Waals surface area contributed by atoms with Crippen LogP contribution in [0.25, 0.3) is 0 Å². The van der Waals surface area contributed by atoms with Gasteiger partial charge in [-0.25, -0.2) is 4.79 Å². The highest BCUT2D eigenvalue weighted by atomic mass is 16.8. The molecule has 9 rings (SSSR count). The number of carboxylic acid groups (broad SMARTS) is 1. The zero-order chi connectivity index (χ0) is 57.1. The summed E-state index contributed by atoms with van der Waals surface area (Å²) in [6.07, 6.45) is -27.6. The topological polar surface area (TPSA) is 394 Å². The third-order valence-corrected chi connectivity index (χ3v) is 21.8. The average Bonchev–Trinajstić information content (AvgIpc) is 2.58. The van der Waals surface area contributed by atoms with E-state index in [1.165, 1.54) is 12.5 Å². The molecule has 0 spiro atoms. The van der Waals surface area contributed by atoms with E-state index < -0.39 is 176 Å². The molecule has 0 aromatic heterocycles. The lowest BCUT2D eigenvalue weighted by molar-refractivity contribution is -0.396. The highest BCUT2D eigenvalue weighted by Gasteiger charge is 2.70. The molecular formula is C54H88O24. The molecular weight excluding hydrogens is 1030 g/mol. The third kappa shape index (κ3) is 9.76. The molecule has 24 heteroatoms. The molecule has 0 aromatic carbocycles. The minimum atomic E-state index is -2.12. The van der Waals surface area contributed by atoms with Gasteiger partial charge in [0.25, 0.3) is 0 Å². The molecule has 24 nitrogen and oxygen atoms in total. The van der Waals surface area contributed by atoms with E-state index in [4.69, 9.17) is 37.9 Å². The fourth-order valence-corrected chi connectivity index (χ4v) is 16.6. The minimum absolute atomic E-state index is 0.0470. The minimum Gasteiger partial charge on any atom is -0.479 e. The van der Waals surface area contributed by atoms with Crippen LogP contribution < -0.4 is 0 Å². The second kappa shape index (κ2) is 22.1. The van der Waals surface area contributed by atoms with Crippen LogP contribution in [0.2, 0.25) is 0 Å². The van der Waals surface area contributed by atoms with Crippen molar-refractivity contribution in [2.24, 2.45) is 50.2 Å². The number of allylic oxidation sites excluding steroid dienone is 2. The molecule has 448 valence electrons. The molecule has 31 atom stereocenters. The van der Waals surface area contributed by atoms with Crippen LogP contribution in [0.3, 0.4) is 0 Å². The Balaban J connectivity index is 0.963. The van der Waals surface area contributed by atoms with E-state index in [0.29, 0.717) is 38.5 Å². The zero-order valence-corrected chi connectivity index (χ0v) is 45.6. The van der Waals surface area contributed by atoms with Gasteiger partial charge >= 0.3 is 5.97 Å². The van der Waals surface area contributed by atoms with Crippen molar-refractivity contribution in [1.82, 2.24) is 0 Å². The third-order valence-electron chi connectivity index (χ3n) is 21.8. The maximum atomic E-state index is 12.6. The average molecular weight is 1120 g/mol. The molecule has 0 radical (unpaired) electrons. The summed E-state index contributed by atoms with van der Waals surface area (Å²) in [5.41, 5.74) is -1.77. The first-order valence-electron chi connectivity index (χ1n) is 27.9. The number of carbonyl (C=O) groups is 1. The number of aliphatic carboxylic acids is 1. The van der Waals surface area contributed by atoms with E-state index >= 15 is 0 Å². The predicted molar refractivity (Wildman–Crippen MR) is 265 cm³/mol. The molecule has 8 fully saturated rings. The number of hydrogen-bond acceptors (Lipinski definition) is 23. The number of carboxylic acids is 1. The second-order valence-electron chi connectivity index (χ2n) is 26.3. The summed E-state index contributed by atoms with van der Waals surface area (Å²) in [4.78, 5) is 12.6. The molecule has 0 aromatic rings. The first-order valence-corrected chi connectivity index (χ1v) is 27.9. The summed E-state index contributed by atoms with van der Waals surface area (Å²) in [5, 5.41) is 162. The molecule has 4 aliphatic heterocycles. The van der Waals surface area contributed by atoms with Crippen molar-refractivity contribution in [3.05, 3.63) is 11.6 Å². The van der Waals surface area contributed by atoms with Gasteiger partial charge < -0.3 is 114 Å². The Bertz CT molecular complexity index is 2160. The Kier molecular flexibility index (Phi) is 17.2. The van der Waals surface area contributed by atoms with Gasteiger partial charge in [-0.15, -0.1) is 0 Å². The molecule has 78 heavy (non-hydrogen) atoms. The Morgan fingerprint density at radius 3 is 1.79 bits per heavy atom. The van der Waals surface area contributed by atoms with Gasteiger partial charge in [0.1, 0.15) is 85.5 Å². The van der Waals surface area contributed by atoms with Gasteiger partial charge in [-0.05, 0) is 104 Å². The first kappa shape index (κ1) is 60.9. The summed E-state index contributed by atoms with van der Waals surface area (Å²) in [6, 6.07) is 0. The van der Waals surface area contributed by atoms with Crippen LogP contribution in [0, 0.1) is 50.2 Å². The molecule has 0 amide bonds. The highest BCUT2D eigenvalue weighted by Crippen LogP contribution is 2.76. The number of aliphatic hydroxyl groups excluding tert-OH is 14. The maximum absolute atomic E-state index is 12.6. The Morgan fingerprint density at radius 1 is 0.590 bits per heavy atom. The van der Waals surface area contributed by atoms with Crippen LogP contribution in [0.15, 0.2) is 11.6 Å². The monoisotopic (exact) mass is 1120 g/mol. The summed E-state index contributed by atoms with van der Waals surface area (Å²) >= 11 is 0. The van der Waals surface area contributed by atoms with Gasteiger partial charge in [0.2, 0.25) is 0 Å². The van der Waals surface area contributed by atoms with Crippen molar-refractivity contribution >= 4 is 5.97 Å². The van der Waals surface area contributed by atoms with Crippen LogP contribution >= 0.6 is 0 Å². The van der Waals surface area contributed by atoms with Gasteiger partial charge in [0, 0.05) is 10.8 Å². The fraction of sp³-hybridized carbons (Fsp3) is 0.944. The standard InChI is InChI=1S/C54H88O24/c1-22-31(59)34(62)40(68)46(72-22)77-42-36(64)33(61)26(19-56)74-47(42)78-43-38(66)37(65)41(44(69)70)76-48(43)75-30-11-12-51(4)27(52(30,5)20-57)10-13-54(7)28(51)9-8-23-24-16-49(2,17-29(58)50(24,3)14-15-53(23,54)6)21-71-45-39(67)35(63)32(60)25(18-55)73-45/h8,22,24-43,45-48,55-68H,9-21H2,1-7H3,(H,69,70)/t22-,24-,25+,26+,27+,28+,29+,30-,31-,32+,33+,34+,35-,36-,37-,38-,39+,40+,41-,42+,43+,45+,46-,47-,48+,49-,50+,51-,52+,53+,54+/m0/s1. The van der Waals surface area contributed by atoms with Crippen molar-refractivity contribution in [2.45, 2.75) is 241 Å². The second-order valence-corrected chi connectivity index (χ2v) is 26.3. The molecule has 4 heterocycles. The summed E-state index contributed by atoms with van der Waals surface area (Å²) in [7, 11) is 0. The van der Waals surface area contributed by atoms with Gasteiger partial charge in [0.05, 0.1) is 44.7 Å². The molecule has 9 aliphatic rings. The SMILES string of the molecule is C[C@@H]1O[C@@H](O[C@H]2[C@H](O[C@H]3[C@H](O[C@H]4CC[C@@]5(C)[C@@H](CC[C@]6(C)[C@@H]5CC=C5[C@@H]7C[C@](C)(CO[C@@H]8O[C@H](CO)[C@@H](O)[C@H](O)[C@H]8O)C[C@@H](O)[C@]7(C)CC[C@]56C)[C@@]4(C)CO)O[C@H](C(=O)O)[C@@H](O)[C@@H]3O)O[C@H](CO)[C@@H](O)[C@@H]2O)[C@H](O)[C@H](O)[C@H]1O. The maximum Gasteiger partial charge on any atom is 0.335 e. The van der Waals surface area contributed by atoms with Crippen LogP contribution in [0.5, 0.6) is 0 Å². The van der Waals surface area contributed by atoms with Gasteiger partial charge in [-0.3, -0.25) is 0 Å². The van der Waals surface area contributed by atoms with E-state index in [2.05, 4.69) is 33.8 Å². The first-order chi connectivity index (χ1) is 36.5. The van der Waals surface area contributed by atoms with E-state index in [9.17, 15) is 81.4 Å². The molecule has 4 saturated heterocycles. The number of rotatable bonds is 13. The number of fused-ring (bicyclic) bond motifs is 7. The van der Waals surface area contributed by atoms with Crippen LogP contribution in [0.4, 0.5) is 0 Å². The molecule has 0 unspecified atom stereocenters. The van der Waals surface area contributed by atoms with Gasteiger partial charge in [-0.2, -0.15) is 0 Å². The number of hydrogen-bond donors (Lipinski definition) is 15. The lowest BCUT2D eigenvalue weighted by Crippen LogP contribution is -2.68. The fourth-order valence-electron chi connectivity index (χ4n) is 16.6. The Labute approximate surface area is 453 Å². The van der Waals surface area contributed by atoms with E-state index in [1.54, 1.807) is 0 Å². The highest BCUT2D eigenvalue weighted by molar-refractivity contribution is 5.73. The largest absolute Gasteiger partial charge is 0.479 e. The molecule has 0 bridgehead atoms.